The van der Waals surface area contributed by atoms with Gasteiger partial charge in [0.1, 0.15) is 0 Å². The van der Waals surface area contributed by atoms with Gasteiger partial charge in [-0.05, 0) is 17.7 Å². The van der Waals surface area contributed by atoms with Crippen LogP contribution >= 0.6 is 0 Å². The highest BCUT2D eigenvalue weighted by Gasteiger charge is 2.24. The average molecular weight is 455 g/mol. The first-order valence-corrected chi connectivity index (χ1v) is 11.4. The van der Waals surface area contributed by atoms with Crippen LogP contribution in [0.1, 0.15) is 5.56 Å². The van der Waals surface area contributed by atoms with Crippen molar-refractivity contribution in [3.8, 4) is 5.95 Å². The molecule has 4 heterocycles. The largest absolute Gasteiger partial charge is 0.378 e. The maximum atomic E-state index is 5.57. The van der Waals surface area contributed by atoms with Crippen LogP contribution in [0, 0.1) is 0 Å². The molecule has 0 aliphatic carbocycles. The van der Waals surface area contributed by atoms with Crippen LogP contribution < -0.4 is 9.80 Å². The molecule has 9 heteroatoms. The summed E-state index contributed by atoms with van der Waals surface area (Å²) < 4.78 is 9.56. The third-order valence-electron chi connectivity index (χ3n) is 6.19. The predicted octanol–water partition coefficient (Wildman–Crippen LogP) is 3.18. The standard InChI is InChI=1S/C25H26N8O/c1-30(16-18-8-4-3-5-9-18)25-27-19-10-6-7-11-20(19)33(25)24-28-22-21(26-17-31(22)2)23(29-24)32-12-14-34-15-13-32/h3-11,17H,12-16H2,1-2H3. The lowest BCUT2D eigenvalue weighted by Crippen LogP contribution is -2.37. The quantitative estimate of drug-likeness (QED) is 0.404. The molecular formula is C25H26N8O. The summed E-state index contributed by atoms with van der Waals surface area (Å²) in [5, 5.41) is 0. The third kappa shape index (κ3) is 3.54. The molecule has 1 fully saturated rings. The summed E-state index contributed by atoms with van der Waals surface area (Å²) in [6.45, 7) is 3.61. The molecule has 0 atom stereocenters. The number of hydrogen-bond donors (Lipinski definition) is 0. The van der Waals surface area contributed by atoms with Crippen LogP contribution in [0.25, 0.3) is 28.1 Å². The molecule has 34 heavy (non-hydrogen) atoms. The summed E-state index contributed by atoms with van der Waals surface area (Å²) in [4.78, 5) is 24.0. The van der Waals surface area contributed by atoms with E-state index in [9.17, 15) is 0 Å². The molecule has 0 radical (unpaired) electrons. The summed E-state index contributed by atoms with van der Waals surface area (Å²) in [5.41, 5.74) is 4.67. The third-order valence-corrected chi connectivity index (χ3v) is 6.19. The number of fused-ring (bicyclic) bond motifs is 2. The Morgan fingerprint density at radius 1 is 0.941 bits per heavy atom. The van der Waals surface area contributed by atoms with Gasteiger partial charge in [0.2, 0.25) is 11.9 Å². The highest BCUT2D eigenvalue weighted by molar-refractivity contribution is 5.86. The van der Waals surface area contributed by atoms with Crippen LogP contribution in [0.15, 0.2) is 60.9 Å². The van der Waals surface area contributed by atoms with Gasteiger partial charge < -0.3 is 19.1 Å². The minimum Gasteiger partial charge on any atom is -0.378 e. The lowest BCUT2D eigenvalue weighted by Gasteiger charge is -2.28. The minimum atomic E-state index is 0.584. The molecular weight excluding hydrogens is 428 g/mol. The number of benzene rings is 2. The SMILES string of the molecule is CN(Cc1ccccc1)c1nc2ccccc2n1-c1nc(N2CCOCC2)c2ncn(C)c2n1. The molecule has 3 aromatic heterocycles. The number of morpholine rings is 1. The summed E-state index contributed by atoms with van der Waals surface area (Å²) in [7, 11) is 4.01. The van der Waals surface area contributed by atoms with E-state index in [0.717, 1.165) is 47.1 Å². The molecule has 5 aromatic rings. The van der Waals surface area contributed by atoms with Gasteiger partial charge in [0.25, 0.3) is 0 Å². The Labute approximate surface area is 197 Å². The Bertz CT molecular complexity index is 1450. The van der Waals surface area contributed by atoms with E-state index >= 15 is 0 Å². The molecule has 2 aromatic carbocycles. The van der Waals surface area contributed by atoms with E-state index in [0.29, 0.717) is 25.7 Å². The van der Waals surface area contributed by atoms with E-state index in [2.05, 4.69) is 56.7 Å². The van der Waals surface area contributed by atoms with E-state index in [1.54, 1.807) is 6.33 Å². The molecule has 0 spiro atoms. The van der Waals surface area contributed by atoms with Crippen molar-refractivity contribution in [2.75, 3.05) is 43.2 Å². The van der Waals surface area contributed by atoms with E-state index < -0.39 is 0 Å². The van der Waals surface area contributed by atoms with Gasteiger partial charge in [-0.1, -0.05) is 42.5 Å². The monoisotopic (exact) mass is 454 g/mol. The zero-order valence-electron chi connectivity index (χ0n) is 19.3. The Balaban J connectivity index is 1.54. The van der Waals surface area contributed by atoms with Crippen molar-refractivity contribution >= 4 is 34.0 Å². The Hall–Kier alpha value is -3.98. The highest BCUT2D eigenvalue weighted by Crippen LogP contribution is 2.30. The normalized spacial score (nSPS) is 14.2. The van der Waals surface area contributed by atoms with Crippen LogP contribution in [-0.2, 0) is 18.3 Å². The van der Waals surface area contributed by atoms with E-state index in [1.807, 2.05) is 35.9 Å². The number of aromatic nitrogens is 6. The fourth-order valence-electron chi connectivity index (χ4n) is 4.47. The lowest BCUT2D eigenvalue weighted by molar-refractivity contribution is 0.122. The van der Waals surface area contributed by atoms with Crippen molar-refractivity contribution in [3.05, 3.63) is 66.5 Å². The zero-order valence-corrected chi connectivity index (χ0v) is 19.3. The number of nitrogens with zero attached hydrogens (tertiary/aromatic N) is 8. The Kier molecular flexibility index (Phi) is 5.10. The fourth-order valence-corrected chi connectivity index (χ4v) is 4.47. The van der Waals surface area contributed by atoms with Crippen LogP contribution in [0.2, 0.25) is 0 Å². The van der Waals surface area contributed by atoms with Crippen LogP contribution in [0.3, 0.4) is 0 Å². The van der Waals surface area contributed by atoms with Crippen molar-refractivity contribution in [2.24, 2.45) is 7.05 Å². The zero-order chi connectivity index (χ0) is 23.1. The topological polar surface area (TPSA) is 77.1 Å². The van der Waals surface area contributed by atoms with E-state index in [4.69, 9.17) is 19.7 Å². The number of para-hydroxylation sites is 2. The van der Waals surface area contributed by atoms with Crippen molar-refractivity contribution in [3.63, 3.8) is 0 Å². The molecule has 1 saturated heterocycles. The lowest BCUT2D eigenvalue weighted by atomic mass is 10.2. The molecule has 6 rings (SSSR count). The summed E-state index contributed by atoms with van der Waals surface area (Å²) in [6, 6.07) is 18.5. The number of hydrogen-bond acceptors (Lipinski definition) is 7. The van der Waals surface area contributed by atoms with E-state index in [1.165, 1.54) is 5.56 Å². The molecule has 0 bridgehead atoms. The van der Waals surface area contributed by atoms with Crippen molar-refractivity contribution in [1.82, 2.24) is 29.1 Å². The second kappa shape index (κ2) is 8.42. The van der Waals surface area contributed by atoms with Gasteiger partial charge in [-0.2, -0.15) is 9.97 Å². The van der Waals surface area contributed by atoms with Gasteiger partial charge in [-0.25, -0.2) is 14.5 Å². The molecule has 0 amide bonds. The summed E-state index contributed by atoms with van der Waals surface area (Å²) in [6.07, 6.45) is 1.79. The Morgan fingerprint density at radius 3 is 2.53 bits per heavy atom. The van der Waals surface area contributed by atoms with Crippen molar-refractivity contribution < 1.29 is 4.74 Å². The van der Waals surface area contributed by atoms with Gasteiger partial charge in [0.15, 0.2) is 17.0 Å². The van der Waals surface area contributed by atoms with Gasteiger partial charge >= 0.3 is 0 Å². The number of aryl methyl sites for hydroxylation is 1. The minimum absolute atomic E-state index is 0.584. The second-order valence-corrected chi connectivity index (χ2v) is 8.55. The van der Waals surface area contributed by atoms with Gasteiger partial charge in [-0.15, -0.1) is 0 Å². The first-order chi connectivity index (χ1) is 16.7. The summed E-state index contributed by atoms with van der Waals surface area (Å²) in [5.74, 6) is 2.21. The first-order valence-electron chi connectivity index (χ1n) is 11.4. The molecule has 1 aliphatic rings. The van der Waals surface area contributed by atoms with Crippen molar-refractivity contribution in [2.45, 2.75) is 6.54 Å². The molecule has 0 saturated carbocycles. The second-order valence-electron chi connectivity index (χ2n) is 8.55. The van der Waals surface area contributed by atoms with Crippen LogP contribution in [0.4, 0.5) is 11.8 Å². The maximum absolute atomic E-state index is 5.57. The summed E-state index contributed by atoms with van der Waals surface area (Å²) >= 11 is 0. The smallest absolute Gasteiger partial charge is 0.241 e. The van der Waals surface area contributed by atoms with Crippen molar-refractivity contribution in [1.29, 1.82) is 0 Å². The average Bonchev–Trinajstić information content (AvgIpc) is 3.45. The fraction of sp³-hybridized carbons (Fsp3) is 0.280. The highest BCUT2D eigenvalue weighted by atomic mass is 16.5. The number of anilines is 2. The van der Waals surface area contributed by atoms with Gasteiger partial charge in [-0.3, -0.25) is 0 Å². The first kappa shape index (κ1) is 20.6. The molecule has 172 valence electrons. The molecule has 1 aliphatic heterocycles. The van der Waals surface area contributed by atoms with Crippen LogP contribution in [0.5, 0.6) is 0 Å². The van der Waals surface area contributed by atoms with E-state index in [-0.39, 0.29) is 0 Å². The molecule has 9 nitrogen and oxygen atoms in total. The van der Waals surface area contributed by atoms with Crippen LogP contribution in [-0.4, -0.2) is 62.4 Å². The predicted molar refractivity (Wildman–Crippen MR) is 133 cm³/mol. The number of rotatable bonds is 5. The van der Waals surface area contributed by atoms with Gasteiger partial charge in [0, 0.05) is 33.7 Å². The molecule has 0 unspecified atom stereocenters. The number of imidazole rings is 2. The van der Waals surface area contributed by atoms with Gasteiger partial charge in [0.05, 0.1) is 30.6 Å². The molecule has 0 N–H and O–H groups in total. The Morgan fingerprint density at radius 2 is 1.71 bits per heavy atom. The maximum Gasteiger partial charge on any atom is 0.241 e. The number of ether oxygens (including phenoxy) is 1.